The van der Waals surface area contributed by atoms with Crippen molar-refractivity contribution in [2.75, 3.05) is 13.2 Å². The summed E-state index contributed by atoms with van der Waals surface area (Å²) in [6, 6.07) is -1.22. The van der Waals surface area contributed by atoms with Crippen LogP contribution < -0.4 is 5.73 Å². The summed E-state index contributed by atoms with van der Waals surface area (Å²) in [7, 11) is 0. The Morgan fingerprint density at radius 2 is 1.39 bits per heavy atom. The predicted molar refractivity (Wildman–Crippen MR) is 70.6 cm³/mol. The molecule has 2 aliphatic heterocycles. The van der Waals surface area contributed by atoms with Gasteiger partial charge in [-0.2, -0.15) is 0 Å². The van der Waals surface area contributed by atoms with Crippen LogP contribution in [-0.2, 0) is 14.2 Å². The number of hydrogen-bond acceptors (Lipinski definition) is 11. The first-order chi connectivity index (χ1) is 10.8. The fourth-order valence-corrected chi connectivity index (χ4v) is 2.62. The molecule has 23 heavy (non-hydrogen) atoms. The topological polar surface area (TPSA) is 195 Å². The van der Waals surface area contributed by atoms with Gasteiger partial charge < -0.3 is 55.7 Å². The predicted octanol–water partition coefficient (Wildman–Crippen LogP) is -5.43. The van der Waals surface area contributed by atoms with Crippen LogP contribution in [0.1, 0.15) is 0 Å². The number of aliphatic hydroxyl groups is 7. The lowest BCUT2D eigenvalue weighted by Gasteiger charge is -2.45. The highest BCUT2D eigenvalue weighted by Crippen LogP contribution is 2.27. The number of rotatable bonds is 4. The van der Waals surface area contributed by atoms with Crippen molar-refractivity contribution in [2.45, 2.75) is 61.3 Å². The summed E-state index contributed by atoms with van der Waals surface area (Å²) in [6.07, 6.45) is -12.9. The average Bonchev–Trinajstić information content (AvgIpc) is 2.55. The summed E-state index contributed by atoms with van der Waals surface area (Å²) in [5.74, 6) is 0. The van der Waals surface area contributed by atoms with Crippen LogP contribution in [0.3, 0.4) is 0 Å². The van der Waals surface area contributed by atoms with E-state index in [9.17, 15) is 30.6 Å². The lowest BCUT2D eigenvalue weighted by molar-refractivity contribution is -0.339. The zero-order valence-electron chi connectivity index (χ0n) is 12.1. The maximum Gasteiger partial charge on any atom is 0.184 e. The van der Waals surface area contributed by atoms with Gasteiger partial charge in [0.05, 0.1) is 19.3 Å². The molecule has 0 saturated carbocycles. The monoisotopic (exact) mass is 341 g/mol. The minimum atomic E-state index is -1.71. The van der Waals surface area contributed by atoms with Crippen molar-refractivity contribution in [1.82, 2.24) is 0 Å². The Bertz CT molecular complexity index is 383. The van der Waals surface area contributed by atoms with Crippen molar-refractivity contribution < 1.29 is 50.0 Å². The van der Waals surface area contributed by atoms with Crippen molar-refractivity contribution in [2.24, 2.45) is 5.73 Å². The first-order valence-electron chi connectivity index (χ1n) is 7.15. The Kier molecular flexibility index (Phi) is 6.27. The fraction of sp³-hybridized carbons (Fsp3) is 1.00. The third-order valence-corrected chi connectivity index (χ3v) is 4.06. The van der Waals surface area contributed by atoms with Crippen molar-refractivity contribution >= 4 is 0 Å². The van der Waals surface area contributed by atoms with E-state index < -0.39 is 74.6 Å². The zero-order chi connectivity index (χ0) is 17.3. The molecule has 2 rings (SSSR count). The number of aliphatic hydroxyl groups excluding tert-OH is 7. The molecule has 0 bridgehead atoms. The second-order valence-corrected chi connectivity index (χ2v) is 5.61. The van der Waals surface area contributed by atoms with Gasteiger partial charge in [-0.1, -0.05) is 0 Å². The maximum atomic E-state index is 9.98. The molecule has 136 valence electrons. The highest BCUT2D eigenvalue weighted by molar-refractivity contribution is 4.95. The number of nitrogens with two attached hydrogens (primary N) is 1. The Balaban J connectivity index is 2.11. The summed E-state index contributed by atoms with van der Waals surface area (Å²) in [5, 5.41) is 67.0. The van der Waals surface area contributed by atoms with Crippen LogP contribution in [0.15, 0.2) is 0 Å². The molecule has 0 spiro atoms. The summed E-state index contributed by atoms with van der Waals surface area (Å²) in [6.45, 7) is -1.25. The molecule has 0 aromatic carbocycles. The summed E-state index contributed by atoms with van der Waals surface area (Å²) < 4.78 is 15.6. The Hall–Kier alpha value is -0.440. The lowest BCUT2D eigenvalue weighted by Crippen LogP contribution is -2.66. The molecule has 11 nitrogen and oxygen atoms in total. The maximum absolute atomic E-state index is 9.98. The smallest absolute Gasteiger partial charge is 0.184 e. The van der Waals surface area contributed by atoms with Gasteiger partial charge in [0, 0.05) is 0 Å². The van der Waals surface area contributed by atoms with E-state index >= 15 is 0 Å². The molecule has 0 amide bonds. The second kappa shape index (κ2) is 7.63. The molecule has 0 aliphatic carbocycles. The van der Waals surface area contributed by atoms with Crippen LogP contribution in [0.2, 0.25) is 0 Å². The molecule has 2 fully saturated rings. The third-order valence-electron chi connectivity index (χ3n) is 4.06. The Morgan fingerprint density at radius 3 is 1.96 bits per heavy atom. The van der Waals surface area contributed by atoms with Crippen molar-refractivity contribution in [1.29, 1.82) is 0 Å². The fourth-order valence-electron chi connectivity index (χ4n) is 2.62. The number of hydrogen-bond donors (Lipinski definition) is 8. The first-order valence-corrected chi connectivity index (χ1v) is 7.15. The van der Waals surface area contributed by atoms with Crippen LogP contribution >= 0.6 is 0 Å². The normalized spacial score (nSPS) is 51.7. The van der Waals surface area contributed by atoms with Gasteiger partial charge in [0.1, 0.15) is 42.7 Å². The summed E-state index contributed by atoms with van der Waals surface area (Å²) in [4.78, 5) is 0. The van der Waals surface area contributed by atoms with Crippen LogP contribution in [0.25, 0.3) is 0 Å². The lowest BCUT2D eigenvalue weighted by atomic mass is 9.96. The molecule has 0 radical (unpaired) electrons. The van der Waals surface area contributed by atoms with Gasteiger partial charge >= 0.3 is 0 Å². The van der Waals surface area contributed by atoms with E-state index in [1.165, 1.54) is 0 Å². The van der Waals surface area contributed by atoms with E-state index in [1.54, 1.807) is 0 Å². The van der Waals surface area contributed by atoms with Crippen molar-refractivity contribution in [3.63, 3.8) is 0 Å². The molecule has 0 unspecified atom stereocenters. The van der Waals surface area contributed by atoms with Crippen LogP contribution in [0.4, 0.5) is 0 Å². The van der Waals surface area contributed by atoms with Crippen molar-refractivity contribution in [3.8, 4) is 0 Å². The Labute approximate surface area is 131 Å². The van der Waals surface area contributed by atoms with Crippen LogP contribution in [0.5, 0.6) is 0 Å². The standard InChI is InChI=1S/C12H23NO10/c13-5-7(17)6(16)3(1-14)22-12(5)23-10-4(2-15)21-11(20)9(19)8(10)18/h3-12,14-20H,1-2,13H2/t3-,4-,5-,6+,7-,8-,9-,10+,11-,12-/m1/s1. The third kappa shape index (κ3) is 3.65. The quantitative estimate of drug-likeness (QED) is 0.243. The molecule has 2 aliphatic rings. The number of ether oxygens (including phenoxy) is 3. The minimum absolute atomic E-state index is 0.612. The SMILES string of the molecule is N[C@H]1[C@@H](O[C@@H]2[C@H](O)[C@@H](O)[C@H](O)O[C@@H]2CO)O[C@H](CO)[C@H](O)[C@@H]1O. The van der Waals surface area contributed by atoms with Crippen LogP contribution in [-0.4, -0.2) is 110 Å². The van der Waals surface area contributed by atoms with E-state index in [1.807, 2.05) is 0 Å². The van der Waals surface area contributed by atoms with E-state index in [-0.39, 0.29) is 0 Å². The van der Waals surface area contributed by atoms with E-state index in [2.05, 4.69) is 0 Å². The molecule has 0 aromatic heterocycles. The summed E-state index contributed by atoms with van der Waals surface area (Å²) in [5.41, 5.74) is 5.70. The second-order valence-electron chi connectivity index (χ2n) is 5.61. The Morgan fingerprint density at radius 1 is 0.783 bits per heavy atom. The minimum Gasteiger partial charge on any atom is -0.394 e. The zero-order valence-corrected chi connectivity index (χ0v) is 12.1. The first kappa shape index (κ1) is 18.9. The largest absolute Gasteiger partial charge is 0.394 e. The molecule has 2 saturated heterocycles. The van der Waals surface area contributed by atoms with Gasteiger partial charge in [-0.25, -0.2) is 0 Å². The van der Waals surface area contributed by atoms with E-state index in [4.69, 9.17) is 25.1 Å². The van der Waals surface area contributed by atoms with Gasteiger partial charge in [0.2, 0.25) is 0 Å². The van der Waals surface area contributed by atoms with Gasteiger partial charge in [0.15, 0.2) is 12.6 Å². The van der Waals surface area contributed by atoms with Gasteiger partial charge in [0.25, 0.3) is 0 Å². The molecule has 0 aromatic rings. The molecule has 9 N–H and O–H groups in total. The molecular weight excluding hydrogens is 318 g/mol. The van der Waals surface area contributed by atoms with E-state index in [0.717, 1.165) is 0 Å². The van der Waals surface area contributed by atoms with Gasteiger partial charge in [-0.3, -0.25) is 0 Å². The van der Waals surface area contributed by atoms with Crippen molar-refractivity contribution in [3.05, 3.63) is 0 Å². The molecule has 10 atom stereocenters. The highest BCUT2D eigenvalue weighted by Gasteiger charge is 2.49. The molecule has 11 heteroatoms. The van der Waals surface area contributed by atoms with E-state index in [0.29, 0.717) is 0 Å². The summed E-state index contributed by atoms with van der Waals surface area (Å²) >= 11 is 0. The highest BCUT2D eigenvalue weighted by atomic mass is 16.7. The van der Waals surface area contributed by atoms with Crippen LogP contribution in [0, 0.1) is 0 Å². The average molecular weight is 341 g/mol. The molecular formula is C12H23NO10. The van der Waals surface area contributed by atoms with Gasteiger partial charge in [-0.15, -0.1) is 0 Å². The molecule has 2 heterocycles. The van der Waals surface area contributed by atoms with Gasteiger partial charge in [-0.05, 0) is 0 Å².